The topological polar surface area (TPSA) is 58.4 Å². The maximum absolute atomic E-state index is 12.1. The fourth-order valence-corrected chi connectivity index (χ4v) is 3.76. The van der Waals surface area contributed by atoms with Gasteiger partial charge in [-0.3, -0.25) is 4.79 Å². The summed E-state index contributed by atoms with van der Waals surface area (Å²) in [6.07, 6.45) is 8.17. The number of amides is 1. The quantitative estimate of drug-likeness (QED) is 0.755. The molecule has 2 rings (SSSR count). The standard InChI is InChI=1S/C17H33N3O/c1-14(13-20-8-2-3-9-20)12-19-17(21)10-15-4-6-16(11-18)7-5-15/h14-16H,2-13,18H2,1H3,(H,19,21). The Bertz CT molecular complexity index is 307. The molecule has 4 heteroatoms. The zero-order valence-electron chi connectivity index (χ0n) is 13.7. The van der Waals surface area contributed by atoms with Crippen molar-refractivity contribution in [3.63, 3.8) is 0 Å². The maximum Gasteiger partial charge on any atom is 0.220 e. The van der Waals surface area contributed by atoms with Crippen LogP contribution in [0.1, 0.15) is 51.9 Å². The Labute approximate surface area is 129 Å². The highest BCUT2D eigenvalue weighted by atomic mass is 16.1. The number of nitrogens with zero attached hydrogens (tertiary/aromatic N) is 1. The molecule has 2 fully saturated rings. The molecule has 0 bridgehead atoms. The van der Waals surface area contributed by atoms with Crippen molar-refractivity contribution in [2.45, 2.75) is 51.9 Å². The predicted octanol–water partition coefficient (Wildman–Crippen LogP) is 1.99. The Hall–Kier alpha value is -0.610. The molecule has 1 saturated heterocycles. The minimum Gasteiger partial charge on any atom is -0.356 e. The highest BCUT2D eigenvalue weighted by Gasteiger charge is 2.22. The van der Waals surface area contributed by atoms with Crippen molar-refractivity contribution in [3.8, 4) is 0 Å². The summed E-state index contributed by atoms with van der Waals surface area (Å²) in [5.41, 5.74) is 5.71. The van der Waals surface area contributed by atoms with Crippen LogP contribution in [0.25, 0.3) is 0 Å². The Morgan fingerprint density at radius 1 is 1.19 bits per heavy atom. The van der Waals surface area contributed by atoms with Crippen molar-refractivity contribution in [2.24, 2.45) is 23.5 Å². The van der Waals surface area contributed by atoms with Crippen LogP contribution in [0.4, 0.5) is 0 Å². The molecule has 1 unspecified atom stereocenters. The van der Waals surface area contributed by atoms with E-state index in [1.54, 1.807) is 0 Å². The first-order valence-electron chi connectivity index (χ1n) is 8.86. The lowest BCUT2D eigenvalue weighted by molar-refractivity contribution is -0.122. The van der Waals surface area contributed by atoms with Crippen LogP contribution in [0.15, 0.2) is 0 Å². The fraction of sp³-hybridized carbons (Fsp3) is 0.941. The first-order valence-corrected chi connectivity index (χ1v) is 8.86. The van der Waals surface area contributed by atoms with Gasteiger partial charge in [0.1, 0.15) is 0 Å². The van der Waals surface area contributed by atoms with Gasteiger partial charge in [-0.2, -0.15) is 0 Å². The van der Waals surface area contributed by atoms with Gasteiger partial charge >= 0.3 is 0 Å². The number of nitrogens with one attached hydrogen (secondary N) is 1. The molecule has 0 aromatic carbocycles. The van der Waals surface area contributed by atoms with E-state index in [1.165, 1.54) is 51.6 Å². The van der Waals surface area contributed by atoms with Gasteiger partial charge in [-0.05, 0) is 75.9 Å². The summed E-state index contributed by atoms with van der Waals surface area (Å²) in [4.78, 5) is 14.6. The van der Waals surface area contributed by atoms with Crippen molar-refractivity contribution < 1.29 is 4.79 Å². The maximum atomic E-state index is 12.1. The van der Waals surface area contributed by atoms with Crippen molar-refractivity contribution >= 4 is 5.91 Å². The lowest BCUT2D eigenvalue weighted by Gasteiger charge is -2.27. The monoisotopic (exact) mass is 295 g/mol. The van der Waals surface area contributed by atoms with E-state index in [0.29, 0.717) is 24.2 Å². The van der Waals surface area contributed by atoms with Crippen LogP contribution in [0.2, 0.25) is 0 Å². The van der Waals surface area contributed by atoms with Crippen LogP contribution in [-0.4, -0.2) is 43.5 Å². The molecular weight excluding hydrogens is 262 g/mol. The molecule has 1 atom stereocenters. The van der Waals surface area contributed by atoms with Gasteiger partial charge < -0.3 is 16.0 Å². The second-order valence-corrected chi connectivity index (χ2v) is 7.24. The Balaban J connectivity index is 1.56. The molecule has 1 saturated carbocycles. The smallest absolute Gasteiger partial charge is 0.220 e. The molecular formula is C17H33N3O. The number of carbonyl (C=O) groups excluding carboxylic acids is 1. The second-order valence-electron chi connectivity index (χ2n) is 7.24. The Kier molecular flexibility index (Phi) is 6.97. The summed E-state index contributed by atoms with van der Waals surface area (Å²) >= 11 is 0. The lowest BCUT2D eigenvalue weighted by Crippen LogP contribution is -2.35. The normalized spacial score (nSPS) is 28.5. The van der Waals surface area contributed by atoms with Crippen molar-refractivity contribution in [2.75, 3.05) is 32.7 Å². The van der Waals surface area contributed by atoms with Gasteiger partial charge in [-0.15, -0.1) is 0 Å². The third-order valence-electron chi connectivity index (χ3n) is 5.19. The molecule has 4 nitrogen and oxygen atoms in total. The summed E-state index contributed by atoms with van der Waals surface area (Å²) < 4.78 is 0. The molecule has 21 heavy (non-hydrogen) atoms. The molecule has 3 N–H and O–H groups in total. The molecule has 0 spiro atoms. The van der Waals surface area contributed by atoms with Crippen LogP contribution >= 0.6 is 0 Å². The summed E-state index contributed by atoms with van der Waals surface area (Å²) in [6, 6.07) is 0. The van der Waals surface area contributed by atoms with Gasteiger partial charge in [0.15, 0.2) is 0 Å². The highest BCUT2D eigenvalue weighted by molar-refractivity contribution is 5.76. The summed E-state index contributed by atoms with van der Waals surface area (Å²) in [6.45, 7) is 7.48. The zero-order valence-corrected chi connectivity index (χ0v) is 13.7. The number of carbonyl (C=O) groups is 1. The molecule has 0 radical (unpaired) electrons. The molecule has 1 aliphatic heterocycles. The van der Waals surface area contributed by atoms with Crippen LogP contribution in [-0.2, 0) is 4.79 Å². The molecule has 2 aliphatic rings. The first-order chi connectivity index (χ1) is 10.2. The van der Waals surface area contributed by atoms with Crippen molar-refractivity contribution in [1.82, 2.24) is 10.2 Å². The van der Waals surface area contributed by atoms with E-state index in [1.807, 2.05) is 0 Å². The number of hydrogen-bond donors (Lipinski definition) is 2. The Morgan fingerprint density at radius 2 is 1.81 bits per heavy atom. The minimum absolute atomic E-state index is 0.250. The first kappa shape index (κ1) is 16.8. The van der Waals surface area contributed by atoms with Crippen LogP contribution in [0, 0.1) is 17.8 Å². The lowest BCUT2D eigenvalue weighted by atomic mass is 9.80. The predicted molar refractivity (Wildman–Crippen MR) is 87.0 cm³/mol. The average Bonchev–Trinajstić information content (AvgIpc) is 2.99. The van der Waals surface area contributed by atoms with Gasteiger partial charge in [-0.1, -0.05) is 6.92 Å². The molecule has 1 aliphatic carbocycles. The van der Waals surface area contributed by atoms with Gasteiger partial charge in [0.2, 0.25) is 5.91 Å². The van der Waals surface area contributed by atoms with Gasteiger partial charge in [0.25, 0.3) is 0 Å². The Morgan fingerprint density at radius 3 is 2.43 bits per heavy atom. The third-order valence-corrected chi connectivity index (χ3v) is 5.19. The van der Waals surface area contributed by atoms with E-state index in [2.05, 4.69) is 17.1 Å². The van der Waals surface area contributed by atoms with E-state index >= 15 is 0 Å². The van der Waals surface area contributed by atoms with Gasteiger partial charge in [0, 0.05) is 19.5 Å². The SMILES string of the molecule is CC(CNC(=O)CC1CCC(CN)CC1)CN1CCCC1. The molecule has 0 aromatic rings. The summed E-state index contributed by atoms with van der Waals surface area (Å²) in [5, 5.41) is 3.14. The van der Waals surface area contributed by atoms with Crippen LogP contribution in [0.3, 0.4) is 0 Å². The molecule has 1 amide bonds. The van der Waals surface area contributed by atoms with E-state index < -0.39 is 0 Å². The number of nitrogens with two attached hydrogens (primary N) is 1. The molecule has 1 heterocycles. The fourth-order valence-electron chi connectivity index (χ4n) is 3.76. The van der Waals surface area contributed by atoms with Gasteiger partial charge in [0.05, 0.1) is 0 Å². The van der Waals surface area contributed by atoms with E-state index in [4.69, 9.17) is 5.73 Å². The average molecular weight is 295 g/mol. The largest absolute Gasteiger partial charge is 0.356 e. The second kappa shape index (κ2) is 8.74. The van der Waals surface area contributed by atoms with Crippen molar-refractivity contribution in [1.29, 1.82) is 0 Å². The highest BCUT2D eigenvalue weighted by Crippen LogP contribution is 2.30. The van der Waals surface area contributed by atoms with Crippen molar-refractivity contribution in [3.05, 3.63) is 0 Å². The third kappa shape index (κ3) is 5.95. The van der Waals surface area contributed by atoms with E-state index in [9.17, 15) is 4.79 Å². The van der Waals surface area contributed by atoms with Crippen LogP contribution in [0.5, 0.6) is 0 Å². The molecule has 122 valence electrons. The number of likely N-dealkylation sites (tertiary alicyclic amines) is 1. The molecule has 0 aromatic heterocycles. The zero-order chi connectivity index (χ0) is 15.1. The number of hydrogen-bond acceptors (Lipinski definition) is 3. The summed E-state index contributed by atoms with van der Waals surface area (Å²) in [5.74, 6) is 2.09. The van der Waals surface area contributed by atoms with Crippen LogP contribution < -0.4 is 11.1 Å². The number of rotatable bonds is 7. The van der Waals surface area contributed by atoms with E-state index in [-0.39, 0.29) is 5.91 Å². The van der Waals surface area contributed by atoms with Gasteiger partial charge in [-0.25, -0.2) is 0 Å². The minimum atomic E-state index is 0.250. The van der Waals surface area contributed by atoms with E-state index in [0.717, 1.165) is 19.6 Å². The summed E-state index contributed by atoms with van der Waals surface area (Å²) in [7, 11) is 0.